The number of nitrogens with zero attached hydrogens (tertiary/aromatic N) is 4. The van der Waals surface area contributed by atoms with Crippen LogP contribution >= 0.6 is 0 Å². The topological polar surface area (TPSA) is 74.8 Å². The Morgan fingerprint density at radius 1 is 1.48 bits per heavy atom. The number of aromatic amines is 1. The first-order chi connectivity index (χ1) is 10.2. The number of allylic oxidation sites excluding steroid dienone is 2. The average Bonchev–Trinajstić information content (AvgIpc) is 2.87. The Labute approximate surface area is 124 Å². The lowest BCUT2D eigenvalue weighted by molar-refractivity contribution is -0.136. The first kappa shape index (κ1) is 13.0. The van der Waals surface area contributed by atoms with E-state index in [-0.39, 0.29) is 5.92 Å². The van der Waals surface area contributed by atoms with Crippen molar-refractivity contribution >= 4 is 5.91 Å². The molecule has 2 fully saturated rings. The highest BCUT2D eigenvalue weighted by Crippen LogP contribution is 2.70. The van der Waals surface area contributed by atoms with Crippen LogP contribution in [0.2, 0.25) is 0 Å². The fraction of sp³-hybridized carbons (Fsp3) is 0.733. The van der Waals surface area contributed by atoms with Crippen molar-refractivity contribution in [3.8, 4) is 0 Å². The maximum atomic E-state index is 12.9. The number of rotatable bonds is 5. The molecule has 4 rings (SSSR count). The highest BCUT2D eigenvalue weighted by atomic mass is 16.2. The fourth-order valence-corrected chi connectivity index (χ4v) is 4.44. The molecule has 2 saturated carbocycles. The Kier molecular flexibility index (Phi) is 2.87. The molecule has 6 nitrogen and oxygen atoms in total. The summed E-state index contributed by atoms with van der Waals surface area (Å²) in [7, 11) is 0. The van der Waals surface area contributed by atoms with Crippen LogP contribution in [0.1, 0.15) is 32.0 Å². The first-order valence-corrected chi connectivity index (χ1v) is 7.94. The lowest BCUT2D eigenvalue weighted by atomic mass is 9.88. The van der Waals surface area contributed by atoms with Gasteiger partial charge in [-0.1, -0.05) is 17.4 Å². The number of aromatic nitrogens is 4. The molecule has 0 aliphatic heterocycles. The maximum Gasteiger partial charge on any atom is 0.226 e. The van der Waals surface area contributed by atoms with Gasteiger partial charge in [0.2, 0.25) is 5.91 Å². The smallest absolute Gasteiger partial charge is 0.226 e. The van der Waals surface area contributed by atoms with Gasteiger partial charge in [0, 0.05) is 25.4 Å². The van der Waals surface area contributed by atoms with Gasteiger partial charge in [0.05, 0.1) is 0 Å². The minimum atomic E-state index is 0.202. The molecule has 0 saturated heterocycles. The molecule has 0 aromatic carbocycles. The van der Waals surface area contributed by atoms with E-state index in [0.29, 0.717) is 41.9 Å². The van der Waals surface area contributed by atoms with Crippen LogP contribution in [0.25, 0.3) is 0 Å². The van der Waals surface area contributed by atoms with E-state index in [9.17, 15) is 4.79 Å². The zero-order valence-corrected chi connectivity index (χ0v) is 12.3. The molecule has 1 N–H and O–H groups in total. The van der Waals surface area contributed by atoms with Crippen LogP contribution in [0.5, 0.6) is 0 Å². The first-order valence-electron chi connectivity index (χ1n) is 7.94. The lowest BCUT2D eigenvalue weighted by Gasteiger charge is -2.27. The second kappa shape index (κ2) is 4.64. The quantitative estimate of drug-likeness (QED) is 0.826. The summed E-state index contributed by atoms with van der Waals surface area (Å²) in [4.78, 5) is 14.8. The van der Waals surface area contributed by atoms with E-state index < -0.39 is 0 Å². The summed E-state index contributed by atoms with van der Waals surface area (Å²) in [5.74, 6) is 2.35. The van der Waals surface area contributed by atoms with Gasteiger partial charge in [-0.2, -0.15) is 5.21 Å². The van der Waals surface area contributed by atoms with Gasteiger partial charge in [-0.3, -0.25) is 4.79 Å². The van der Waals surface area contributed by atoms with E-state index in [2.05, 4.69) is 32.8 Å². The third-order valence-corrected chi connectivity index (χ3v) is 5.73. The van der Waals surface area contributed by atoms with Gasteiger partial charge in [-0.25, -0.2) is 0 Å². The molecular weight excluding hydrogens is 266 g/mol. The second-order valence-electron chi connectivity index (χ2n) is 6.59. The van der Waals surface area contributed by atoms with Crippen LogP contribution in [-0.2, 0) is 11.2 Å². The number of likely N-dealkylation sites (N-methyl/N-ethyl adjacent to an activating group) is 1. The molecule has 2 bridgehead atoms. The van der Waals surface area contributed by atoms with Gasteiger partial charge in [-0.05, 0) is 43.4 Å². The molecule has 6 heteroatoms. The summed E-state index contributed by atoms with van der Waals surface area (Å²) >= 11 is 0. The third-order valence-electron chi connectivity index (χ3n) is 5.73. The molecule has 1 heterocycles. The SMILES string of the molecule is CCN(CCc1nn[nH]n1)C(=O)[C@@H]1C[C@H]2C=C[C@@H]1C21CC1. The number of hydrogen-bond acceptors (Lipinski definition) is 4. The molecular formula is C15H21N5O. The molecule has 3 aliphatic rings. The van der Waals surface area contributed by atoms with Crippen molar-refractivity contribution in [1.82, 2.24) is 25.5 Å². The molecule has 3 atom stereocenters. The van der Waals surface area contributed by atoms with Gasteiger partial charge in [-0.15, -0.1) is 10.2 Å². The normalized spacial score (nSPS) is 31.0. The highest BCUT2D eigenvalue weighted by molar-refractivity contribution is 5.80. The Balaban J connectivity index is 1.42. The molecule has 0 unspecified atom stereocenters. The summed E-state index contributed by atoms with van der Waals surface area (Å²) in [6.07, 6.45) is 9.02. The summed E-state index contributed by atoms with van der Waals surface area (Å²) in [5, 5.41) is 13.9. The van der Waals surface area contributed by atoms with E-state index in [1.807, 2.05) is 11.8 Å². The van der Waals surface area contributed by atoms with Gasteiger partial charge in [0.25, 0.3) is 0 Å². The molecule has 0 radical (unpaired) electrons. The monoisotopic (exact) mass is 287 g/mol. The molecule has 1 spiro atoms. The van der Waals surface area contributed by atoms with Crippen molar-refractivity contribution in [1.29, 1.82) is 0 Å². The highest BCUT2D eigenvalue weighted by Gasteiger charge is 2.64. The van der Waals surface area contributed by atoms with Crippen molar-refractivity contribution < 1.29 is 4.79 Å². The van der Waals surface area contributed by atoms with Crippen molar-refractivity contribution in [2.45, 2.75) is 32.6 Å². The standard InChI is InChI=1S/C15H21N5O/c1-2-20(8-5-13-16-18-19-17-13)14(21)11-9-10-3-4-12(11)15(10)6-7-15/h3-4,10-12H,2,5-9H2,1H3,(H,16,17,18,19)/t10-,11-,12+/m1/s1. The van der Waals surface area contributed by atoms with Gasteiger partial charge in [0.1, 0.15) is 0 Å². The summed E-state index contributed by atoms with van der Waals surface area (Å²) in [5.41, 5.74) is 0.480. The number of hydrogen-bond donors (Lipinski definition) is 1. The number of H-pyrrole nitrogens is 1. The van der Waals surface area contributed by atoms with Crippen molar-refractivity contribution in [2.75, 3.05) is 13.1 Å². The molecule has 1 aromatic rings. The Hall–Kier alpha value is -1.72. The van der Waals surface area contributed by atoms with Crippen molar-refractivity contribution in [3.05, 3.63) is 18.0 Å². The lowest BCUT2D eigenvalue weighted by Crippen LogP contribution is -2.39. The van der Waals surface area contributed by atoms with E-state index in [1.165, 1.54) is 12.8 Å². The maximum absolute atomic E-state index is 12.9. The fourth-order valence-electron chi connectivity index (χ4n) is 4.44. The number of tetrazole rings is 1. The van der Waals surface area contributed by atoms with E-state index in [0.717, 1.165) is 13.0 Å². The van der Waals surface area contributed by atoms with Crippen molar-refractivity contribution in [2.24, 2.45) is 23.2 Å². The molecule has 112 valence electrons. The van der Waals surface area contributed by atoms with E-state index >= 15 is 0 Å². The second-order valence-corrected chi connectivity index (χ2v) is 6.59. The molecule has 21 heavy (non-hydrogen) atoms. The minimum absolute atomic E-state index is 0.202. The van der Waals surface area contributed by atoms with Gasteiger partial charge in [0.15, 0.2) is 5.82 Å². The van der Waals surface area contributed by atoms with Crippen LogP contribution in [0.3, 0.4) is 0 Å². The third kappa shape index (κ3) is 1.92. The van der Waals surface area contributed by atoms with Gasteiger partial charge >= 0.3 is 0 Å². The number of nitrogens with one attached hydrogen (secondary N) is 1. The van der Waals surface area contributed by atoms with E-state index in [4.69, 9.17) is 0 Å². The van der Waals surface area contributed by atoms with Gasteiger partial charge < -0.3 is 4.90 Å². The molecule has 1 aromatic heterocycles. The number of carbonyl (C=O) groups excluding carboxylic acids is 1. The summed E-state index contributed by atoms with van der Waals surface area (Å²) < 4.78 is 0. The van der Waals surface area contributed by atoms with Crippen LogP contribution in [-0.4, -0.2) is 44.5 Å². The number of carbonyl (C=O) groups is 1. The average molecular weight is 287 g/mol. The summed E-state index contributed by atoms with van der Waals surface area (Å²) in [6.45, 7) is 3.48. The van der Waals surface area contributed by atoms with Crippen LogP contribution < -0.4 is 0 Å². The Bertz CT molecular complexity index is 563. The molecule has 1 amide bonds. The van der Waals surface area contributed by atoms with Crippen LogP contribution in [0, 0.1) is 23.2 Å². The van der Waals surface area contributed by atoms with Crippen LogP contribution in [0.15, 0.2) is 12.2 Å². The van der Waals surface area contributed by atoms with Crippen LogP contribution in [0.4, 0.5) is 0 Å². The molecule has 3 aliphatic carbocycles. The minimum Gasteiger partial charge on any atom is -0.342 e. The predicted octanol–water partition coefficient (Wildman–Crippen LogP) is 1.19. The Morgan fingerprint density at radius 3 is 2.95 bits per heavy atom. The van der Waals surface area contributed by atoms with Crippen molar-refractivity contribution in [3.63, 3.8) is 0 Å². The zero-order chi connectivity index (χ0) is 14.4. The predicted molar refractivity (Wildman–Crippen MR) is 76.0 cm³/mol. The number of amides is 1. The van der Waals surface area contributed by atoms with E-state index in [1.54, 1.807) is 0 Å². The summed E-state index contributed by atoms with van der Waals surface area (Å²) in [6, 6.07) is 0. The largest absolute Gasteiger partial charge is 0.342 e. The zero-order valence-electron chi connectivity index (χ0n) is 12.3. The Morgan fingerprint density at radius 2 is 2.33 bits per heavy atom.